The van der Waals surface area contributed by atoms with Gasteiger partial charge in [-0.25, -0.2) is 9.67 Å². The number of rotatable bonds is 5. The van der Waals surface area contributed by atoms with Crippen LogP contribution in [0.4, 0.5) is 0 Å². The summed E-state index contributed by atoms with van der Waals surface area (Å²) in [6.45, 7) is 2.78. The first-order chi connectivity index (χ1) is 12.6. The van der Waals surface area contributed by atoms with Gasteiger partial charge in [0.15, 0.2) is 5.82 Å². The molecule has 0 saturated carbocycles. The van der Waals surface area contributed by atoms with Crippen molar-refractivity contribution in [3.63, 3.8) is 0 Å². The fourth-order valence-corrected chi connectivity index (χ4v) is 4.06. The van der Waals surface area contributed by atoms with Gasteiger partial charge in [-0.3, -0.25) is 10.00 Å². The minimum absolute atomic E-state index is 0.178. The van der Waals surface area contributed by atoms with Gasteiger partial charge >= 0.3 is 0 Å². The molecule has 0 unspecified atom stereocenters. The van der Waals surface area contributed by atoms with Crippen LogP contribution >= 0.6 is 23.6 Å². The molecule has 132 valence electrons. The first-order valence-corrected chi connectivity index (χ1v) is 9.62. The van der Waals surface area contributed by atoms with E-state index in [1.54, 1.807) is 11.3 Å². The largest absolute Gasteiger partial charge is 0.278 e. The molecule has 5 nitrogen and oxygen atoms in total. The van der Waals surface area contributed by atoms with Crippen molar-refractivity contribution in [1.29, 1.82) is 0 Å². The summed E-state index contributed by atoms with van der Waals surface area (Å²) in [5.41, 5.74) is 2.08. The Morgan fingerprint density at radius 1 is 1.12 bits per heavy atom. The van der Waals surface area contributed by atoms with Crippen LogP contribution in [0.25, 0.3) is 21.6 Å². The molecule has 2 heterocycles. The van der Waals surface area contributed by atoms with Gasteiger partial charge in [0, 0.05) is 5.56 Å². The molecule has 0 amide bonds. The molecule has 0 aliphatic rings. The molecule has 26 heavy (non-hydrogen) atoms. The Kier molecular flexibility index (Phi) is 4.67. The van der Waals surface area contributed by atoms with E-state index in [0.29, 0.717) is 11.4 Å². The lowest BCUT2D eigenvalue weighted by Gasteiger charge is -2.22. The zero-order valence-electron chi connectivity index (χ0n) is 14.6. The quantitative estimate of drug-likeness (QED) is 0.501. The maximum Gasteiger partial charge on any atom is 0.217 e. The minimum Gasteiger partial charge on any atom is -0.278 e. The molecule has 7 heteroatoms. The molecular formula is C19H19N5S2. The Labute approximate surface area is 160 Å². The van der Waals surface area contributed by atoms with Crippen LogP contribution < -0.4 is 0 Å². The van der Waals surface area contributed by atoms with E-state index in [2.05, 4.69) is 41.1 Å². The van der Waals surface area contributed by atoms with Gasteiger partial charge in [0.25, 0.3) is 0 Å². The smallest absolute Gasteiger partial charge is 0.217 e. The fraction of sp³-hybridized carbons (Fsp3) is 0.211. The number of nitrogens with zero attached hydrogens (tertiary/aromatic N) is 4. The van der Waals surface area contributed by atoms with E-state index in [1.807, 2.05) is 47.1 Å². The van der Waals surface area contributed by atoms with Crippen LogP contribution in [-0.4, -0.2) is 31.7 Å². The standard InChI is InChI=1S/C19H19N5S2/c1-13(18-20-15-10-6-7-11-16(15)26-18)23(2)12-24-19(25)21-17(22-24)14-8-4-3-5-9-14/h3-11,13H,12H2,1-2H3,(H,21,22,25)/t13-/m1/s1. The third-order valence-corrected chi connectivity index (χ3v) is 5.94. The number of aromatic amines is 1. The van der Waals surface area contributed by atoms with Gasteiger partial charge in [-0.1, -0.05) is 42.5 Å². The molecule has 0 aliphatic heterocycles. The molecule has 0 fully saturated rings. The number of H-pyrrole nitrogens is 1. The third-order valence-electron chi connectivity index (χ3n) is 4.42. The van der Waals surface area contributed by atoms with Gasteiger partial charge < -0.3 is 0 Å². The lowest BCUT2D eigenvalue weighted by atomic mass is 10.2. The van der Waals surface area contributed by atoms with Gasteiger partial charge in [0.05, 0.1) is 22.9 Å². The zero-order valence-corrected chi connectivity index (χ0v) is 16.2. The number of para-hydroxylation sites is 1. The summed E-state index contributed by atoms with van der Waals surface area (Å²) in [6.07, 6.45) is 0. The second kappa shape index (κ2) is 7.11. The molecule has 0 aliphatic carbocycles. The van der Waals surface area contributed by atoms with Crippen LogP contribution in [0.2, 0.25) is 0 Å². The number of fused-ring (bicyclic) bond motifs is 1. The van der Waals surface area contributed by atoms with E-state index in [9.17, 15) is 0 Å². The zero-order chi connectivity index (χ0) is 18.1. The van der Waals surface area contributed by atoms with Crippen LogP contribution in [0.15, 0.2) is 54.6 Å². The Balaban J connectivity index is 1.55. The molecule has 4 aromatic rings. The molecule has 4 rings (SSSR count). The second-order valence-corrected chi connectivity index (χ2v) is 7.67. The van der Waals surface area contributed by atoms with E-state index in [4.69, 9.17) is 17.2 Å². The van der Waals surface area contributed by atoms with Crippen LogP contribution in [0.5, 0.6) is 0 Å². The third kappa shape index (κ3) is 3.33. The predicted molar refractivity (Wildman–Crippen MR) is 109 cm³/mol. The van der Waals surface area contributed by atoms with Crippen molar-refractivity contribution in [1.82, 2.24) is 24.6 Å². The highest BCUT2D eigenvalue weighted by Crippen LogP contribution is 2.29. The summed E-state index contributed by atoms with van der Waals surface area (Å²) in [6, 6.07) is 18.4. The molecule has 2 aromatic carbocycles. The van der Waals surface area contributed by atoms with Crippen molar-refractivity contribution in [2.75, 3.05) is 7.05 Å². The van der Waals surface area contributed by atoms with Gasteiger partial charge in [0.1, 0.15) is 5.01 Å². The topological polar surface area (TPSA) is 49.7 Å². The second-order valence-electron chi connectivity index (χ2n) is 6.24. The summed E-state index contributed by atoms with van der Waals surface area (Å²) in [5.74, 6) is 0.789. The maximum atomic E-state index is 5.43. The molecule has 0 bridgehead atoms. The van der Waals surface area contributed by atoms with Crippen LogP contribution in [0.3, 0.4) is 0 Å². The molecule has 0 spiro atoms. The van der Waals surface area contributed by atoms with E-state index in [-0.39, 0.29) is 6.04 Å². The molecule has 2 aromatic heterocycles. The summed E-state index contributed by atoms with van der Waals surface area (Å²) in [5, 5.41) is 4.40. The first kappa shape index (κ1) is 17.1. The van der Waals surface area contributed by atoms with E-state index in [1.165, 1.54) is 4.70 Å². The molecular weight excluding hydrogens is 362 g/mol. The average molecular weight is 382 g/mol. The van der Waals surface area contributed by atoms with Crippen molar-refractivity contribution in [3.05, 3.63) is 64.4 Å². The molecule has 0 radical (unpaired) electrons. The van der Waals surface area contributed by atoms with Crippen LogP contribution in [-0.2, 0) is 6.67 Å². The normalized spacial score (nSPS) is 12.7. The first-order valence-electron chi connectivity index (χ1n) is 8.40. The highest BCUT2D eigenvalue weighted by Gasteiger charge is 2.17. The Morgan fingerprint density at radius 2 is 1.85 bits per heavy atom. The van der Waals surface area contributed by atoms with Gasteiger partial charge in [-0.05, 0) is 38.3 Å². The number of hydrogen-bond donors (Lipinski definition) is 1. The molecule has 1 atom stereocenters. The van der Waals surface area contributed by atoms with Crippen LogP contribution in [0.1, 0.15) is 18.0 Å². The number of hydrogen-bond acceptors (Lipinski definition) is 5. The van der Waals surface area contributed by atoms with Crippen molar-refractivity contribution in [3.8, 4) is 11.4 Å². The minimum atomic E-state index is 0.178. The molecule has 1 N–H and O–H groups in total. The van der Waals surface area contributed by atoms with Crippen LogP contribution in [0, 0.1) is 4.77 Å². The van der Waals surface area contributed by atoms with Gasteiger partial charge in [0.2, 0.25) is 4.77 Å². The monoisotopic (exact) mass is 381 g/mol. The molecule has 0 saturated heterocycles. The number of thiazole rings is 1. The summed E-state index contributed by atoms with van der Waals surface area (Å²) in [7, 11) is 2.07. The van der Waals surface area contributed by atoms with Crippen molar-refractivity contribution >= 4 is 33.8 Å². The van der Waals surface area contributed by atoms with Gasteiger partial charge in [-0.2, -0.15) is 4.98 Å². The summed E-state index contributed by atoms with van der Waals surface area (Å²) >= 11 is 7.16. The highest BCUT2D eigenvalue weighted by atomic mass is 32.1. The SMILES string of the molecule is C[C@H](c1nc2ccccc2s1)N(C)Cn1[nH]c(-c2ccccc2)nc1=S. The van der Waals surface area contributed by atoms with Crippen molar-refractivity contribution in [2.45, 2.75) is 19.6 Å². The Bertz CT molecular complexity index is 1050. The van der Waals surface area contributed by atoms with Crippen molar-refractivity contribution in [2.24, 2.45) is 0 Å². The summed E-state index contributed by atoms with van der Waals surface area (Å²) in [4.78, 5) is 11.5. The number of aromatic nitrogens is 4. The van der Waals surface area contributed by atoms with Crippen molar-refractivity contribution < 1.29 is 0 Å². The lowest BCUT2D eigenvalue weighted by molar-refractivity contribution is 0.195. The van der Waals surface area contributed by atoms with Gasteiger partial charge in [-0.15, -0.1) is 11.3 Å². The lowest BCUT2D eigenvalue weighted by Crippen LogP contribution is -2.26. The predicted octanol–water partition coefficient (Wildman–Crippen LogP) is 4.87. The fourth-order valence-electron chi connectivity index (χ4n) is 2.78. The summed E-state index contributed by atoms with van der Waals surface area (Å²) < 4.78 is 3.65. The highest BCUT2D eigenvalue weighted by molar-refractivity contribution is 7.71. The van der Waals surface area contributed by atoms with E-state index >= 15 is 0 Å². The van der Waals surface area contributed by atoms with E-state index < -0.39 is 0 Å². The average Bonchev–Trinajstić information content (AvgIpc) is 3.25. The number of benzene rings is 2. The Hall–Kier alpha value is -2.35. The Morgan fingerprint density at radius 3 is 2.62 bits per heavy atom. The van der Waals surface area contributed by atoms with E-state index in [0.717, 1.165) is 21.9 Å². The number of nitrogens with one attached hydrogen (secondary N) is 1. The maximum absolute atomic E-state index is 5.43.